The van der Waals surface area contributed by atoms with Gasteiger partial charge in [-0.15, -0.1) is 0 Å². The molecule has 1 N–H and O–H groups in total. The van der Waals surface area contributed by atoms with Crippen molar-refractivity contribution in [1.29, 1.82) is 0 Å². The quantitative estimate of drug-likeness (QED) is 0.716. The van der Waals surface area contributed by atoms with E-state index in [4.69, 9.17) is 5.11 Å². The van der Waals surface area contributed by atoms with Gasteiger partial charge in [-0.1, -0.05) is 5.16 Å². The van der Waals surface area contributed by atoms with Crippen LogP contribution >= 0.6 is 0 Å². The first kappa shape index (κ1) is 7.47. The van der Waals surface area contributed by atoms with Crippen molar-refractivity contribution in [3.8, 4) is 11.5 Å². The summed E-state index contributed by atoms with van der Waals surface area (Å²) in [5.41, 5.74) is 0.330. The molecule has 0 atom stereocenters. The summed E-state index contributed by atoms with van der Waals surface area (Å²) in [5.74, 6) is -1.66. The molecule has 2 heterocycles. The van der Waals surface area contributed by atoms with E-state index in [2.05, 4.69) is 24.1 Å². The summed E-state index contributed by atoms with van der Waals surface area (Å²) in [7, 11) is 0. The minimum absolute atomic E-state index is 0.0890. The van der Waals surface area contributed by atoms with Crippen molar-refractivity contribution < 1.29 is 18.8 Å². The molecule has 7 heteroatoms. The van der Waals surface area contributed by atoms with E-state index in [1.54, 1.807) is 0 Å². The van der Waals surface area contributed by atoms with Gasteiger partial charge in [0.2, 0.25) is 5.82 Å². The third-order valence-corrected chi connectivity index (χ3v) is 1.27. The van der Waals surface area contributed by atoms with Crippen molar-refractivity contribution >= 4 is 5.97 Å². The van der Waals surface area contributed by atoms with E-state index in [0.29, 0.717) is 5.69 Å². The molecule has 0 fully saturated rings. The number of carboxylic acid groups (broad SMARTS) is 1. The molecule has 2 rings (SSSR count). The maximum Gasteiger partial charge on any atom is 0.394 e. The van der Waals surface area contributed by atoms with E-state index in [-0.39, 0.29) is 5.82 Å². The van der Waals surface area contributed by atoms with E-state index in [0.717, 1.165) is 0 Å². The highest BCUT2D eigenvalue weighted by atomic mass is 16.5. The second-order valence-corrected chi connectivity index (χ2v) is 2.10. The fourth-order valence-corrected chi connectivity index (χ4v) is 0.737. The Bertz CT molecular complexity index is 419. The average Bonchev–Trinajstić information content (AvgIpc) is 2.75. The fourth-order valence-electron chi connectivity index (χ4n) is 0.737. The Morgan fingerprint density at radius 3 is 2.92 bits per heavy atom. The van der Waals surface area contributed by atoms with Crippen LogP contribution in [0.5, 0.6) is 0 Å². The van der Waals surface area contributed by atoms with Gasteiger partial charge in [0.1, 0.15) is 12.0 Å². The normalized spacial score (nSPS) is 10.2. The van der Waals surface area contributed by atoms with Crippen LogP contribution in [-0.2, 0) is 0 Å². The summed E-state index contributed by atoms with van der Waals surface area (Å²) >= 11 is 0. The zero-order chi connectivity index (χ0) is 9.26. The van der Waals surface area contributed by atoms with Gasteiger partial charge in [0, 0.05) is 0 Å². The highest BCUT2D eigenvalue weighted by molar-refractivity contribution is 5.82. The Morgan fingerprint density at radius 2 is 2.38 bits per heavy atom. The molecule has 0 aliphatic heterocycles. The molecule has 2 aromatic heterocycles. The average molecular weight is 181 g/mol. The van der Waals surface area contributed by atoms with Crippen molar-refractivity contribution in [2.75, 3.05) is 0 Å². The van der Waals surface area contributed by atoms with E-state index >= 15 is 0 Å². The second-order valence-electron chi connectivity index (χ2n) is 2.10. The van der Waals surface area contributed by atoms with Gasteiger partial charge in [0.05, 0.1) is 0 Å². The largest absolute Gasteiger partial charge is 0.474 e. The predicted octanol–water partition coefficient (Wildman–Crippen LogP) is 0.423. The smallest absolute Gasteiger partial charge is 0.394 e. The molecule has 0 aromatic carbocycles. The molecule has 0 unspecified atom stereocenters. The van der Waals surface area contributed by atoms with Gasteiger partial charge in [-0.3, -0.25) is 0 Å². The summed E-state index contributed by atoms with van der Waals surface area (Å²) in [4.78, 5) is 17.6. The summed E-state index contributed by atoms with van der Waals surface area (Å²) in [6.07, 6.45) is 2.47. The maximum absolute atomic E-state index is 10.3. The standard InChI is InChI=1S/C6H3N3O4/c10-6(11)5-8-4(9-13-5)3-1-12-2-7-3/h1-2H,(H,10,11). The molecule has 0 amide bonds. The minimum atomic E-state index is -1.28. The van der Waals surface area contributed by atoms with Crippen LogP contribution in [0, 0.1) is 0 Å². The third-order valence-electron chi connectivity index (χ3n) is 1.27. The van der Waals surface area contributed by atoms with Gasteiger partial charge in [-0.2, -0.15) is 4.98 Å². The molecular formula is C6H3N3O4. The van der Waals surface area contributed by atoms with Crippen LogP contribution in [0.4, 0.5) is 0 Å². The predicted molar refractivity (Wildman–Crippen MR) is 36.8 cm³/mol. The van der Waals surface area contributed by atoms with Crippen LogP contribution in [0.15, 0.2) is 21.6 Å². The van der Waals surface area contributed by atoms with Crippen molar-refractivity contribution in [3.63, 3.8) is 0 Å². The molecule has 0 bridgehead atoms. The number of oxazole rings is 1. The fraction of sp³-hybridized carbons (Fsp3) is 0. The Morgan fingerprint density at radius 1 is 1.54 bits per heavy atom. The molecule has 0 saturated heterocycles. The lowest BCUT2D eigenvalue weighted by Crippen LogP contribution is -1.95. The number of aromatic carboxylic acids is 1. The number of aromatic nitrogens is 3. The summed E-state index contributed by atoms with van der Waals surface area (Å²) in [5, 5.41) is 11.8. The highest BCUT2D eigenvalue weighted by Gasteiger charge is 2.15. The van der Waals surface area contributed by atoms with Crippen LogP contribution in [0.2, 0.25) is 0 Å². The number of carbonyl (C=O) groups is 1. The number of hydrogen-bond acceptors (Lipinski definition) is 6. The SMILES string of the molecule is O=C(O)c1nc(-c2cocn2)no1. The Hall–Kier alpha value is -2.18. The number of carboxylic acids is 1. The van der Waals surface area contributed by atoms with Crippen LogP contribution in [0.1, 0.15) is 10.7 Å². The topological polar surface area (TPSA) is 102 Å². The molecule has 0 aliphatic carbocycles. The lowest BCUT2D eigenvalue weighted by atomic mass is 10.5. The van der Waals surface area contributed by atoms with E-state index < -0.39 is 11.9 Å². The van der Waals surface area contributed by atoms with Crippen molar-refractivity contribution in [1.82, 2.24) is 15.1 Å². The minimum Gasteiger partial charge on any atom is -0.474 e. The van der Waals surface area contributed by atoms with E-state index in [1.165, 1.54) is 12.7 Å². The van der Waals surface area contributed by atoms with Crippen LogP contribution in [-0.4, -0.2) is 26.2 Å². The zero-order valence-electron chi connectivity index (χ0n) is 6.17. The Balaban J connectivity index is 2.39. The van der Waals surface area contributed by atoms with Gasteiger partial charge < -0.3 is 14.0 Å². The molecule has 0 aliphatic rings. The number of hydrogen-bond donors (Lipinski definition) is 1. The number of rotatable bonds is 2. The first-order valence-corrected chi connectivity index (χ1v) is 3.23. The Kier molecular flexibility index (Phi) is 1.55. The maximum atomic E-state index is 10.3. The van der Waals surface area contributed by atoms with Crippen molar-refractivity contribution in [2.24, 2.45) is 0 Å². The van der Waals surface area contributed by atoms with Crippen LogP contribution in [0.3, 0.4) is 0 Å². The lowest BCUT2D eigenvalue weighted by molar-refractivity contribution is 0.0643. The van der Waals surface area contributed by atoms with Gasteiger partial charge in [0.15, 0.2) is 6.39 Å². The molecular weight excluding hydrogens is 178 g/mol. The van der Waals surface area contributed by atoms with Gasteiger partial charge >= 0.3 is 11.9 Å². The monoisotopic (exact) mass is 181 g/mol. The van der Waals surface area contributed by atoms with E-state index in [1.807, 2.05) is 0 Å². The number of nitrogens with zero attached hydrogens (tertiary/aromatic N) is 3. The second kappa shape index (κ2) is 2.70. The van der Waals surface area contributed by atoms with Crippen LogP contribution in [0.25, 0.3) is 11.5 Å². The molecule has 0 spiro atoms. The summed E-state index contributed by atoms with van der Waals surface area (Å²) < 4.78 is 9.07. The molecule has 7 nitrogen and oxygen atoms in total. The van der Waals surface area contributed by atoms with E-state index in [9.17, 15) is 4.79 Å². The van der Waals surface area contributed by atoms with Crippen molar-refractivity contribution in [3.05, 3.63) is 18.5 Å². The molecule has 0 saturated carbocycles. The lowest BCUT2D eigenvalue weighted by Gasteiger charge is -1.78. The van der Waals surface area contributed by atoms with Crippen molar-refractivity contribution in [2.45, 2.75) is 0 Å². The molecule has 0 radical (unpaired) electrons. The highest BCUT2D eigenvalue weighted by Crippen LogP contribution is 2.11. The first-order valence-electron chi connectivity index (χ1n) is 3.23. The zero-order valence-corrected chi connectivity index (χ0v) is 6.17. The van der Waals surface area contributed by atoms with Gasteiger partial charge in [-0.25, -0.2) is 9.78 Å². The Labute approximate surface area is 71.0 Å². The molecule has 13 heavy (non-hydrogen) atoms. The van der Waals surface area contributed by atoms with Gasteiger partial charge in [-0.05, 0) is 0 Å². The molecule has 66 valence electrons. The van der Waals surface area contributed by atoms with Gasteiger partial charge in [0.25, 0.3) is 0 Å². The summed E-state index contributed by atoms with van der Waals surface area (Å²) in [6.45, 7) is 0. The summed E-state index contributed by atoms with van der Waals surface area (Å²) in [6, 6.07) is 0. The molecule has 2 aromatic rings. The first-order chi connectivity index (χ1) is 6.27. The third kappa shape index (κ3) is 1.26. The van der Waals surface area contributed by atoms with Crippen LogP contribution < -0.4 is 0 Å².